The van der Waals surface area contributed by atoms with Crippen molar-refractivity contribution in [1.29, 1.82) is 0 Å². The lowest BCUT2D eigenvalue weighted by molar-refractivity contribution is -0.0419. The maximum Gasteiger partial charge on any atom is 0.330 e. The number of ether oxygens (including phenoxy) is 1. The monoisotopic (exact) mass is 642 g/mol. The number of anilines is 2. The van der Waals surface area contributed by atoms with Crippen molar-refractivity contribution in [2.75, 3.05) is 24.2 Å². The normalized spacial score (nSPS) is 34.8. The average Bonchev–Trinajstić information content (AvgIpc) is 3.71. The molecular weight excluding hydrogens is 617 g/mol. The number of hydrogen-bond acceptors (Lipinski definition) is 15. The average molecular weight is 643 g/mol. The molecule has 4 aromatic rings. The van der Waals surface area contributed by atoms with E-state index in [0.717, 1.165) is 0 Å². The number of hydrogen-bond donors (Lipinski definition) is 5. The molecule has 2 bridgehead atoms. The molecular formula is C21H25FN10O7P2S. The Labute approximate surface area is 242 Å². The summed E-state index contributed by atoms with van der Waals surface area (Å²) in [6.45, 7) is -0.178. The van der Waals surface area contributed by atoms with E-state index in [4.69, 9.17) is 29.8 Å². The Hall–Kier alpha value is -2.60. The van der Waals surface area contributed by atoms with E-state index in [1.165, 1.54) is 35.3 Å². The van der Waals surface area contributed by atoms with Crippen LogP contribution in [-0.4, -0.2) is 91.7 Å². The summed E-state index contributed by atoms with van der Waals surface area (Å²) >= 11 is 1.21. The lowest BCUT2D eigenvalue weighted by Crippen LogP contribution is -2.33. The van der Waals surface area contributed by atoms with Crippen LogP contribution in [0.2, 0.25) is 0 Å². The molecule has 0 radical (unpaired) electrons. The van der Waals surface area contributed by atoms with Crippen molar-refractivity contribution in [3.63, 3.8) is 0 Å². The first-order valence-electron chi connectivity index (χ1n) is 12.8. The number of nitrogens with zero attached hydrogens (tertiary/aromatic N) is 7. The first kappa shape index (κ1) is 28.2. The number of alkyl halides is 1. The fourth-order valence-electron chi connectivity index (χ4n) is 5.38. The molecule has 0 aliphatic carbocycles. The van der Waals surface area contributed by atoms with Crippen molar-refractivity contribution in [3.05, 3.63) is 29.3 Å². The number of aromatic amines is 1. The van der Waals surface area contributed by atoms with Crippen LogP contribution < -0.4 is 17.0 Å². The van der Waals surface area contributed by atoms with Gasteiger partial charge in [0.25, 0.3) is 5.56 Å². The minimum Gasteiger partial charge on any atom is -0.387 e. The van der Waals surface area contributed by atoms with Crippen molar-refractivity contribution < 1.29 is 32.7 Å². The Kier molecular flexibility index (Phi) is 7.48. The second-order valence-electron chi connectivity index (χ2n) is 9.82. The first-order valence-corrected chi connectivity index (χ1v) is 15.9. The van der Waals surface area contributed by atoms with Crippen LogP contribution >= 0.6 is 29.2 Å². The third-order valence-corrected chi connectivity index (χ3v) is 10.7. The van der Waals surface area contributed by atoms with Gasteiger partial charge < -0.3 is 39.8 Å². The van der Waals surface area contributed by atoms with Gasteiger partial charge in [0.1, 0.15) is 34.9 Å². The molecule has 3 aliphatic heterocycles. The molecule has 21 heteroatoms. The highest BCUT2D eigenvalue weighted by atomic mass is 32.2. The summed E-state index contributed by atoms with van der Waals surface area (Å²) in [5, 5.41) is 10.4. The van der Waals surface area contributed by atoms with Gasteiger partial charge in [0, 0.05) is 14.7 Å². The number of fused-ring (bicyclic) bond motifs is 5. The van der Waals surface area contributed by atoms with Crippen LogP contribution in [0.3, 0.4) is 0 Å². The summed E-state index contributed by atoms with van der Waals surface area (Å²) in [5.74, 6) is -0.529. The summed E-state index contributed by atoms with van der Waals surface area (Å²) < 4.78 is 42.5. The zero-order chi connectivity index (χ0) is 29.1. The Bertz CT molecular complexity index is 1680. The predicted molar refractivity (Wildman–Crippen MR) is 150 cm³/mol. The molecule has 7 rings (SSSR count). The van der Waals surface area contributed by atoms with Gasteiger partial charge >= 0.3 is 8.60 Å². The Balaban J connectivity index is 1.13. The minimum absolute atomic E-state index is 0.0563. The maximum absolute atomic E-state index is 15.9. The number of nitrogens with one attached hydrogen (secondary N) is 1. The van der Waals surface area contributed by atoms with Crippen LogP contribution in [-0.2, 0) is 18.3 Å². The molecule has 42 heavy (non-hydrogen) atoms. The summed E-state index contributed by atoms with van der Waals surface area (Å²) in [6.07, 6.45) is -0.529. The highest BCUT2D eigenvalue weighted by molar-refractivity contribution is 8.00. The number of thioether (sulfide) groups is 1. The molecule has 3 fully saturated rings. The van der Waals surface area contributed by atoms with Gasteiger partial charge in [-0.3, -0.25) is 18.9 Å². The second-order valence-corrected chi connectivity index (χ2v) is 13.0. The van der Waals surface area contributed by atoms with Crippen LogP contribution in [0.25, 0.3) is 22.3 Å². The fraction of sp³-hybridized carbons (Fsp3) is 0.524. The van der Waals surface area contributed by atoms with E-state index in [1.54, 1.807) is 4.57 Å². The topological polar surface area (TPSA) is 237 Å². The van der Waals surface area contributed by atoms with Gasteiger partial charge in [0.15, 0.2) is 35.0 Å². The number of H-pyrrole nitrogens is 1. The van der Waals surface area contributed by atoms with Crippen molar-refractivity contribution in [2.24, 2.45) is 5.92 Å². The van der Waals surface area contributed by atoms with Crippen molar-refractivity contribution >= 4 is 63.3 Å². The predicted octanol–water partition coefficient (Wildman–Crippen LogP) is 0.543. The van der Waals surface area contributed by atoms with Crippen LogP contribution in [0.15, 0.2) is 23.8 Å². The fourth-order valence-corrected chi connectivity index (χ4v) is 8.79. The molecule has 4 aromatic heterocycles. The molecule has 17 nitrogen and oxygen atoms in total. The lowest BCUT2D eigenvalue weighted by Gasteiger charge is -2.25. The summed E-state index contributed by atoms with van der Waals surface area (Å²) in [7, 11) is -2.64. The highest BCUT2D eigenvalue weighted by Gasteiger charge is 2.50. The van der Waals surface area contributed by atoms with Gasteiger partial charge in [-0.05, 0) is 12.6 Å². The zero-order valence-electron chi connectivity index (χ0n) is 21.4. The molecule has 0 aromatic carbocycles. The van der Waals surface area contributed by atoms with Crippen LogP contribution in [0.1, 0.15) is 18.0 Å². The van der Waals surface area contributed by atoms with Crippen molar-refractivity contribution in [1.82, 2.24) is 39.0 Å². The van der Waals surface area contributed by atoms with E-state index in [2.05, 4.69) is 29.9 Å². The van der Waals surface area contributed by atoms with E-state index < -0.39 is 61.6 Å². The molecule has 10 atom stereocenters. The highest BCUT2D eigenvalue weighted by Crippen LogP contribution is 2.52. The molecule has 3 aliphatic rings. The number of nitrogens with two attached hydrogens (primary N) is 2. The number of aliphatic hydroxyl groups is 1. The van der Waals surface area contributed by atoms with Gasteiger partial charge in [0.2, 0.25) is 5.95 Å². The molecule has 3 saturated heterocycles. The Morgan fingerprint density at radius 3 is 2.83 bits per heavy atom. The smallest absolute Gasteiger partial charge is 0.330 e. The van der Waals surface area contributed by atoms with E-state index in [-0.39, 0.29) is 38.3 Å². The number of nitrogen functional groups attached to an aromatic ring is 2. The minimum atomic E-state index is -2.56. The SMILES string of the molecule is Nc1nc2c(ncn2[C@@H]2SC3OPCC[C@H]4[C@H](F)[C@H](n5cnc6c(N)ncnc65)O[C@@H]4COP(O)O[C@@H]2[C@@H]3O)c(=O)[nH]1. The van der Waals surface area contributed by atoms with Gasteiger partial charge in [-0.1, -0.05) is 11.8 Å². The molecule has 3 unspecified atom stereocenters. The molecule has 0 saturated carbocycles. The van der Waals surface area contributed by atoms with E-state index in [9.17, 15) is 14.8 Å². The summed E-state index contributed by atoms with van der Waals surface area (Å²) in [6, 6.07) is 0. The van der Waals surface area contributed by atoms with Gasteiger partial charge in [0.05, 0.1) is 25.4 Å². The van der Waals surface area contributed by atoms with Crippen molar-refractivity contribution in [2.45, 2.75) is 47.9 Å². The first-order chi connectivity index (χ1) is 20.3. The second kappa shape index (κ2) is 11.2. The maximum atomic E-state index is 15.9. The standard InChI is InChI=1S/C21H25FN10O7P2S/c22-9-7-1-2-40-38-20-12(33)13(19(42-20)32-6-28-11-16(32)29-21(24)30-17(11)34)39-41(35)36-3-8(7)37-18(9)31-5-27-10-14(23)25-4-26-15(10)31/h4-9,12-13,18-20,33,35,40H,1-3H2,(H2,23,25,26)(H3,24,29,30,34)/t7-,8-,9+,12+,13-,18-,19-,20?,41?/m1/s1. The van der Waals surface area contributed by atoms with E-state index in [1.807, 2.05) is 0 Å². The van der Waals surface area contributed by atoms with Gasteiger partial charge in [-0.15, -0.1) is 0 Å². The molecule has 7 N–H and O–H groups in total. The molecule has 0 spiro atoms. The number of aromatic nitrogens is 8. The molecule has 224 valence electrons. The van der Waals surface area contributed by atoms with Crippen LogP contribution in [0, 0.1) is 5.92 Å². The third-order valence-electron chi connectivity index (χ3n) is 7.37. The number of halogens is 1. The van der Waals surface area contributed by atoms with Gasteiger partial charge in [-0.25, -0.2) is 24.3 Å². The quantitative estimate of drug-likeness (QED) is 0.188. The lowest BCUT2D eigenvalue weighted by atomic mass is 9.96. The van der Waals surface area contributed by atoms with Crippen LogP contribution in [0.5, 0.6) is 0 Å². The molecule has 7 heterocycles. The number of imidazole rings is 2. The van der Waals surface area contributed by atoms with Crippen LogP contribution in [0.4, 0.5) is 16.2 Å². The number of rotatable bonds is 2. The molecule has 0 amide bonds. The van der Waals surface area contributed by atoms with Crippen molar-refractivity contribution in [3.8, 4) is 0 Å². The summed E-state index contributed by atoms with van der Waals surface area (Å²) in [5.41, 5.74) is 11.3. The van der Waals surface area contributed by atoms with E-state index in [0.29, 0.717) is 23.7 Å². The Morgan fingerprint density at radius 2 is 1.98 bits per heavy atom. The summed E-state index contributed by atoms with van der Waals surface area (Å²) in [4.78, 5) is 46.1. The number of aliphatic hydroxyl groups excluding tert-OH is 1. The Morgan fingerprint density at radius 1 is 1.17 bits per heavy atom. The zero-order valence-corrected chi connectivity index (χ0v) is 24.1. The third kappa shape index (κ3) is 4.82. The largest absolute Gasteiger partial charge is 0.387 e. The van der Waals surface area contributed by atoms with E-state index >= 15 is 4.39 Å². The van der Waals surface area contributed by atoms with Gasteiger partial charge in [-0.2, -0.15) is 4.98 Å².